The van der Waals surface area contributed by atoms with Crippen molar-refractivity contribution in [3.63, 3.8) is 0 Å². The summed E-state index contributed by atoms with van der Waals surface area (Å²) in [5.74, 6) is 0. The molecule has 0 amide bonds. The summed E-state index contributed by atoms with van der Waals surface area (Å²) in [5, 5.41) is 3.14. The molecule has 0 aromatic heterocycles. The molecule has 2 nitrogen and oxygen atoms in total. The highest BCUT2D eigenvalue weighted by atomic mass is 19.4. The molecule has 0 fully saturated rings. The molecule has 1 N–H and O–H groups in total. The zero-order valence-corrected chi connectivity index (χ0v) is 12.1. The van der Waals surface area contributed by atoms with Crippen LogP contribution in [0, 0.1) is 0 Å². The second kappa shape index (κ2) is 7.64. The van der Waals surface area contributed by atoms with Crippen LogP contribution in [0.3, 0.4) is 0 Å². The van der Waals surface area contributed by atoms with E-state index in [4.69, 9.17) is 4.74 Å². The Kier molecular flexibility index (Phi) is 6.49. The molecule has 0 saturated carbocycles. The predicted molar refractivity (Wildman–Crippen MR) is 73.7 cm³/mol. The first-order valence-electron chi connectivity index (χ1n) is 6.87. The first kappa shape index (κ1) is 17.0. The molecule has 1 rings (SSSR count). The maximum atomic E-state index is 12.7. The summed E-state index contributed by atoms with van der Waals surface area (Å²) in [4.78, 5) is 0. The standard InChI is InChI=1S/C15H22F3NO/c1-4-14(20-5-2)13(19-3)10-11-7-6-8-12(9-11)15(16,17)18/h6-9,13-14,19H,4-5,10H2,1-3H3. The van der Waals surface area contributed by atoms with Gasteiger partial charge in [0.2, 0.25) is 0 Å². The van der Waals surface area contributed by atoms with E-state index in [-0.39, 0.29) is 12.1 Å². The van der Waals surface area contributed by atoms with Gasteiger partial charge in [-0.05, 0) is 38.4 Å². The fourth-order valence-corrected chi connectivity index (χ4v) is 2.28. The minimum Gasteiger partial charge on any atom is -0.377 e. The highest BCUT2D eigenvalue weighted by molar-refractivity contribution is 5.26. The molecule has 0 heterocycles. The molecule has 0 bridgehead atoms. The number of likely N-dealkylation sites (N-methyl/N-ethyl adjacent to an activating group) is 1. The van der Waals surface area contributed by atoms with Crippen molar-refractivity contribution in [2.45, 2.75) is 45.0 Å². The number of hydrogen-bond acceptors (Lipinski definition) is 2. The van der Waals surface area contributed by atoms with Gasteiger partial charge in [-0.1, -0.05) is 25.1 Å². The molecule has 1 aromatic rings. The summed E-state index contributed by atoms with van der Waals surface area (Å²) >= 11 is 0. The van der Waals surface area contributed by atoms with E-state index in [2.05, 4.69) is 5.32 Å². The smallest absolute Gasteiger partial charge is 0.377 e. The van der Waals surface area contributed by atoms with Crippen molar-refractivity contribution >= 4 is 0 Å². The van der Waals surface area contributed by atoms with Gasteiger partial charge in [0.15, 0.2) is 0 Å². The Bertz CT molecular complexity index is 406. The molecule has 0 saturated heterocycles. The molecule has 5 heteroatoms. The number of hydrogen-bond donors (Lipinski definition) is 1. The zero-order valence-electron chi connectivity index (χ0n) is 12.1. The van der Waals surface area contributed by atoms with Crippen molar-refractivity contribution in [2.24, 2.45) is 0 Å². The third-order valence-electron chi connectivity index (χ3n) is 3.31. The molecule has 0 radical (unpaired) electrons. The first-order valence-corrected chi connectivity index (χ1v) is 6.87. The Hall–Kier alpha value is -1.07. The summed E-state index contributed by atoms with van der Waals surface area (Å²) in [6.45, 7) is 4.52. The summed E-state index contributed by atoms with van der Waals surface area (Å²) in [6, 6.07) is 5.48. The highest BCUT2D eigenvalue weighted by Gasteiger charge is 2.30. The lowest BCUT2D eigenvalue weighted by Crippen LogP contribution is -2.40. The van der Waals surface area contributed by atoms with Gasteiger partial charge in [-0.2, -0.15) is 13.2 Å². The Morgan fingerprint density at radius 3 is 2.45 bits per heavy atom. The van der Waals surface area contributed by atoms with Crippen LogP contribution in [0.25, 0.3) is 0 Å². The fraction of sp³-hybridized carbons (Fsp3) is 0.600. The molecule has 0 aliphatic rings. The predicted octanol–water partition coefficient (Wildman–Crippen LogP) is 3.65. The lowest BCUT2D eigenvalue weighted by atomic mass is 9.98. The highest BCUT2D eigenvalue weighted by Crippen LogP contribution is 2.29. The van der Waals surface area contributed by atoms with Crippen LogP contribution >= 0.6 is 0 Å². The zero-order chi connectivity index (χ0) is 15.2. The van der Waals surface area contributed by atoms with Gasteiger partial charge in [-0.3, -0.25) is 0 Å². The van der Waals surface area contributed by atoms with Crippen LogP contribution < -0.4 is 5.32 Å². The van der Waals surface area contributed by atoms with Crippen molar-refractivity contribution in [3.8, 4) is 0 Å². The van der Waals surface area contributed by atoms with Crippen LogP contribution in [0.15, 0.2) is 24.3 Å². The van der Waals surface area contributed by atoms with Crippen molar-refractivity contribution in [1.82, 2.24) is 5.32 Å². The van der Waals surface area contributed by atoms with Gasteiger partial charge < -0.3 is 10.1 Å². The third-order valence-corrected chi connectivity index (χ3v) is 3.31. The molecule has 2 unspecified atom stereocenters. The average Bonchev–Trinajstić information content (AvgIpc) is 2.42. The maximum Gasteiger partial charge on any atom is 0.416 e. The van der Waals surface area contributed by atoms with Crippen molar-refractivity contribution in [1.29, 1.82) is 0 Å². The minimum absolute atomic E-state index is 0.000423. The van der Waals surface area contributed by atoms with Crippen LogP contribution in [0.1, 0.15) is 31.4 Å². The van der Waals surface area contributed by atoms with Crippen LogP contribution in [0.5, 0.6) is 0 Å². The Labute approximate surface area is 118 Å². The molecular formula is C15H22F3NO. The summed E-state index contributed by atoms with van der Waals surface area (Å²) < 4.78 is 43.7. The van der Waals surface area contributed by atoms with Gasteiger partial charge in [0.1, 0.15) is 0 Å². The first-order chi connectivity index (χ1) is 9.42. The quantitative estimate of drug-likeness (QED) is 0.827. The Balaban J connectivity index is 2.84. The topological polar surface area (TPSA) is 21.3 Å². The van der Waals surface area contributed by atoms with E-state index in [0.29, 0.717) is 18.6 Å². The summed E-state index contributed by atoms with van der Waals surface area (Å²) in [7, 11) is 1.81. The minimum atomic E-state index is -4.30. The number of benzene rings is 1. The van der Waals surface area contributed by atoms with Gasteiger partial charge in [0.25, 0.3) is 0 Å². The maximum absolute atomic E-state index is 12.7. The normalized spacial score (nSPS) is 15.1. The Morgan fingerprint density at radius 2 is 1.95 bits per heavy atom. The number of ether oxygens (including phenoxy) is 1. The van der Waals surface area contributed by atoms with E-state index in [1.54, 1.807) is 13.1 Å². The van der Waals surface area contributed by atoms with Crippen LogP contribution in [-0.4, -0.2) is 25.8 Å². The summed E-state index contributed by atoms with van der Waals surface area (Å²) in [6.07, 6.45) is -2.97. The number of rotatable bonds is 7. The lowest BCUT2D eigenvalue weighted by Gasteiger charge is -2.26. The SMILES string of the molecule is CCOC(CC)C(Cc1cccc(C(F)(F)F)c1)NC. The monoisotopic (exact) mass is 289 g/mol. The molecule has 0 aliphatic heterocycles. The van der Waals surface area contributed by atoms with Gasteiger partial charge in [0.05, 0.1) is 11.7 Å². The van der Waals surface area contributed by atoms with E-state index < -0.39 is 11.7 Å². The van der Waals surface area contributed by atoms with E-state index in [1.807, 2.05) is 13.8 Å². The molecule has 0 aliphatic carbocycles. The Morgan fingerprint density at radius 1 is 1.25 bits per heavy atom. The molecular weight excluding hydrogens is 267 g/mol. The van der Waals surface area contributed by atoms with Crippen LogP contribution in [-0.2, 0) is 17.3 Å². The average molecular weight is 289 g/mol. The molecule has 0 spiro atoms. The van der Waals surface area contributed by atoms with Gasteiger partial charge in [-0.15, -0.1) is 0 Å². The number of alkyl halides is 3. The van der Waals surface area contributed by atoms with Crippen molar-refractivity contribution in [2.75, 3.05) is 13.7 Å². The second-order valence-corrected chi connectivity index (χ2v) is 4.70. The van der Waals surface area contributed by atoms with E-state index >= 15 is 0 Å². The van der Waals surface area contributed by atoms with Crippen LogP contribution in [0.2, 0.25) is 0 Å². The fourth-order valence-electron chi connectivity index (χ4n) is 2.28. The molecule has 20 heavy (non-hydrogen) atoms. The van der Waals surface area contributed by atoms with E-state index in [9.17, 15) is 13.2 Å². The number of nitrogens with one attached hydrogen (secondary N) is 1. The molecule has 2 atom stereocenters. The third kappa shape index (κ3) is 4.80. The van der Waals surface area contributed by atoms with Gasteiger partial charge in [0, 0.05) is 12.6 Å². The van der Waals surface area contributed by atoms with Crippen molar-refractivity contribution in [3.05, 3.63) is 35.4 Å². The van der Waals surface area contributed by atoms with E-state index in [1.165, 1.54) is 12.1 Å². The van der Waals surface area contributed by atoms with Gasteiger partial charge in [-0.25, -0.2) is 0 Å². The largest absolute Gasteiger partial charge is 0.416 e. The molecule has 1 aromatic carbocycles. The summed E-state index contributed by atoms with van der Waals surface area (Å²) in [5.41, 5.74) is 0.0617. The van der Waals surface area contributed by atoms with Gasteiger partial charge >= 0.3 is 6.18 Å². The second-order valence-electron chi connectivity index (χ2n) is 4.70. The number of halogens is 3. The van der Waals surface area contributed by atoms with E-state index in [0.717, 1.165) is 12.5 Å². The van der Waals surface area contributed by atoms with Crippen LogP contribution in [0.4, 0.5) is 13.2 Å². The van der Waals surface area contributed by atoms with Crippen molar-refractivity contribution < 1.29 is 17.9 Å². The molecule has 114 valence electrons. The lowest BCUT2D eigenvalue weighted by molar-refractivity contribution is -0.137.